The number of nitrogens with zero attached hydrogens (tertiary/aromatic N) is 2. The number of amides is 1. The molecule has 0 bridgehead atoms. The van der Waals surface area contributed by atoms with Crippen LogP contribution in [0, 0.1) is 13.8 Å². The molecule has 1 aromatic rings. The summed E-state index contributed by atoms with van der Waals surface area (Å²) in [7, 11) is 0. The van der Waals surface area contributed by atoms with Crippen LogP contribution in [0.2, 0.25) is 0 Å². The van der Waals surface area contributed by atoms with E-state index in [1.165, 1.54) is 28.1 Å². The molecule has 3 rings (SSSR count). The van der Waals surface area contributed by atoms with Gasteiger partial charge in [0.05, 0.1) is 26.2 Å². The van der Waals surface area contributed by atoms with E-state index in [2.05, 4.69) is 62.6 Å². The molecule has 4 heteroatoms. The average Bonchev–Trinajstić information content (AvgIpc) is 2.63. The Morgan fingerprint density at radius 1 is 1.12 bits per heavy atom. The minimum Gasteiger partial charge on any atom is -0.360 e. The summed E-state index contributed by atoms with van der Waals surface area (Å²) in [5, 5.41) is 0. The van der Waals surface area contributed by atoms with Crippen molar-refractivity contribution in [3.63, 3.8) is 0 Å². The van der Waals surface area contributed by atoms with Crippen molar-refractivity contribution in [1.82, 2.24) is 4.90 Å². The van der Waals surface area contributed by atoms with Gasteiger partial charge in [-0.25, -0.2) is 0 Å². The number of anilines is 1. The molecular formula is C22H36N3O+. The van der Waals surface area contributed by atoms with Crippen molar-refractivity contribution in [2.45, 2.75) is 72.0 Å². The molecule has 0 radical (unpaired) electrons. The van der Waals surface area contributed by atoms with Gasteiger partial charge in [-0.1, -0.05) is 12.1 Å². The van der Waals surface area contributed by atoms with Crippen molar-refractivity contribution in [3.05, 3.63) is 29.3 Å². The molecule has 144 valence electrons. The summed E-state index contributed by atoms with van der Waals surface area (Å²) in [5.41, 5.74) is 4.10. The van der Waals surface area contributed by atoms with Gasteiger partial charge < -0.3 is 14.7 Å². The normalized spacial score (nSPS) is 26.0. The number of carbonyl (C=O) groups is 1. The van der Waals surface area contributed by atoms with Gasteiger partial charge in [-0.15, -0.1) is 0 Å². The highest BCUT2D eigenvalue weighted by atomic mass is 16.2. The first-order valence-electron chi connectivity index (χ1n) is 10.4. The number of hydrogen-bond acceptors (Lipinski definition) is 2. The Hall–Kier alpha value is -1.55. The highest BCUT2D eigenvalue weighted by molar-refractivity contribution is 5.81. The molecule has 0 unspecified atom stereocenters. The van der Waals surface area contributed by atoms with E-state index in [4.69, 9.17) is 0 Å². The Labute approximate surface area is 159 Å². The molecule has 0 aliphatic carbocycles. The molecule has 0 spiro atoms. The topological polar surface area (TPSA) is 28.0 Å². The third-order valence-electron chi connectivity index (χ3n) is 6.75. The minimum atomic E-state index is 0.0683. The van der Waals surface area contributed by atoms with Crippen molar-refractivity contribution in [2.75, 3.05) is 31.1 Å². The number of carbonyl (C=O) groups excluding carboxylic acids is 1. The van der Waals surface area contributed by atoms with Crippen LogP contribution in [-0.4, -0.2) is 55.1 Å². The standard InChI is InChI=1S/C22H35N3O/c1-16-8-6-11-21(19(16)4)24-14-12-23(13-15-24)20(5)22(26)25-17(2)9-7-10-18(25)3/h6,8,11,17-18,20H,7,9-10,12-15H2,1-5H3/p+1/t17-,18-,20+/m0/s1. The number of rotatable bonds is 3. The summed E-state index contributed by atoms with van der Waals surface area (Å²) in [5.74, 6) is 0.361. The van der Waals surface area contributed by atoms with E-state index in [1.54, 1.807) is 0 Å². The quantitative estimate of drug-likeness (QED) is 0.897. The molecule has 3 atom stereocenters. The van der Waals surface area contributed by atoms with E-state index in [9.17, 15) is 4.79 Å². The van der Waals surface area contributed by atoms with Gasteiger partial charge in [-0.3, -0.25) is 4.79 Å². The first-order chi connectivity index (χ1) is 12.4. The van der Waals surface area contributed by atoms with E-state index in [0.717, 1.165) is 39.0 Å². The number of quaternary nitrogens is 1. The van der Waals surface area contributed by atoms with Crippen LogP contribution in [0.25, 0.3) is 0 Å². The predicted molar refractivity (Wildman–Crippen MR) is 108 cm³/mol. The van der Waals surface area contributed by atoms with Gasteiger partial charge in [0.15, 0.2) is 6.04 Å². The van der Waals surface area contributed by atoms with Crippen LogP contribution in [-0.2, 0) is 4.79 Å². The molecule has 4 nitrogen and oxygen atoms in total. The fourth-order valence-electron chi connectivity index (χ4n) is 4.80. The summed E-state index contributed by atoms with van der Waals surface area (Å²) in [6.07, 6.45) is 3.55. The van der Waals surface area contributed by atoms with Crippen LogP contribution in [0.3, 0.4) is 0 Å². The number of nitrogens with one attached hydrogen (secondary N) is 1. The monoisotopic (exact) mass is 358 g/mol. The maximum Gasteiger partial charge on any atom is 0.281 e. The van der Waals surface area contributed by atoms with Crippen LogP contribution in [0.4, 0.5) is 5.69 Å². The molecule has 2 saturated heterocycles. The largest absolute Gasteiger partial charge is 0.360 e. The molecule has 1 amide bonds. The van der Waals surface area contributed by atoms with Gasteiger partial charge in [0.25, 0.3) is 5.91 Å². The van der Waals surface area contributed by atoms with E-state index in [-0.39, 0.29) is 6.04 Å². The minimum absolute atomic E-state index is 0.0683. The van der Waals surface area contributed by atoms with Gasteiger partial charge in [0.2, 0.25) is 0 Å². The molecule has 2 heterocycles. The van der Waals surface area contributed by atoms with Gasteiger partial charge in [-0.05, 0) is 71.1 Å². The lowest BCUT2D eigenvalue weighted by Gasteiger charge is -2.42. The lowest BCUT2D eigenvalue weighted by Crippen LogP contribution is -3.19. The zero-order valence-electron chi connectivity index (χ0n) is 17.2. The lowest BCUT2D eigenvalue weighted by molar-refractivity contribution is -0.915. The number of hydrogen-bond donors (Lipinski definition) is 1. The lowest BCUT2D eigenvalue weighted by atomic mass is 9.96. The second-order valence-electron chi connectivity index (χ2n) is 8.46. The van der Waals surface area contributed by atoms with Crippen LogP contribution >= 0.6 is 0 Å². The summed E-state index contributed by atoms with van der Waals surface area (Å²) in [4.78, 5) is 19.3. The number of aryl methyl sites for hydroxylation is 1. The second kappa shape index (κ2) is 7.99. The maximum atomic E-state index is 13.2. The highest BCUT2D eigenvalue weighted by Crippen LogP contribution is 2.24. The van der Waals surface area contributed by atoms with Crippen LogP contribution < -0.4 is 9.80 Å². The molecule has 1 N–H and O–H groups in total. The molecule has 2 fully saturated rings. The zero-order valence-corrected chi connectivity index (χ0v) is 17.2. The zero-order chi connectivity index (χ0) is 18.8. The van der Waals surface area contributed by atoms with Gasteiger partial charge in [0.1, 0.15) is 0 Å². The smallest absolute Gasteiger partial charge is 0.281 e. The third-order valence-corrected chi connectivity index (χ3v) is 6.75. The molecule has 2 aliphatic rings. The molecule has 1 aromatic carbocycles. The van der Waals surface area contributed by atoms with Crippen molar-refractivity contribution in [1.29, 1.82) is 0 Å². The Morgan fingerprint density at radius 3 is 2.35 bits per heavy atom. The summed E-state index contributed by atoms with van der Waals surface area (Å²) in [6.45, 7) is 15.1. The first-order valence-corrected chi connectivity index (χ1v) is 10.4. The van der Waals surface area contributed by atoms with Crippen molar-refractivity contribution >= 4 is 11.6 Å². The van der Waals surface area contributed by atoms with Crippen LogP contribution in [0.15, 0.2) is 18.2 Å². The maximum absolute atomic E-state index is 13.2. The number of benzene rings is 1. The number of likely N-dealkylation sites (tertiary alicyclic amines) is 1. The van der Waals surface area contributed by atoms with E-state index in [1.807, 2.05) is 0 Å². The Kier molecular flexibility index (Phi) is 5.91. The van der Waals surface area contributed by atoms with Gasteiger partial charge in [-0.2, -0.15) is 0 Å². The molecule has 0 aromatic heterocycles. The summed E-state index contributed by atoms with van der Waals surface area (Å²) < 4.78 is 0. The van der Waals surface area contributed by atoms with Crippen molar-refractivity contribution in [2.24, 2.45) is 0 Å². The van der Waals surface area contributed by atoms with Gasteiger partial charge in [0, 0.05) is 17.8 Å². The van der Waals surface area contributed by atoms with Crippen LogP contribution in [0.1, 0.15) is 51.2 Å². The third kappa shape index (κ3) is 3.75. The number of piperazine rings is 1. The van der Waals surface area contributed by atoms with E-state index < -0.39 is 0 Å². The second-order valence-corrected chi connectivity index (χ2v) is 8.46. The molecule has 26 heavy (non-hydrogen) atoms. The molecule has 2 aliphatic heterocycles. The molecule has 0 saturated carbocycles. The average molecular weight is 359 g/mol. The highest BCUT2D eigenvalue weighted by Gasteiger charge is 2.37. The summed E-state index contributed by atoms with van der Waals surface area (Å²) >= 11 is 0. The fraction of sp³-hybridized carbons (Fsp3) is 0.682. The Bertz CT molecular complexity index is 626. The Balaban J connectivity index is 1.62. The SMILES string of the molecule is Cc1cccc(N2CC[NH+]([C@H](C)C(=O)N3[C@@H](C)CCC[C@@H]3C)CC2)c1C. The fourth-order valence-corrected chi connectivity index (χ4v) is 4.80. The van der Waals surface area contributed by atoms with Crippen LogP contribution in [0.5, 0.6) is 0 Å². The van der Waals surface area contributed by atoms with Gasteiger partial charge >= 0.3 is 0 Å². The first kappa shape index (κ1) is 19.2. The summed E-state index contributed by atoms with van der Waals surface area (Å²) in [6, 6.07) is 7.43. The van der Waals surface area contributed by atoms with Crippen molar-refractivity contribution < 1.29 is 9.69 Å². The van der Waals surface area contributed by atoms with E-state index in [0.29, 0.717) is 18.0 Å². The van der Waals surface area contributed by atoms with Crippen molar-refractivity contribution in [3.8, 4) is 0 Å². The molecular weight excluding hydrogens is 322 g/mol. The predicted octanol–water partition coefficient (Wildman–Crippen LogP) is 2.19. The Morgan fingerprint density at radius 2 is 1.73 bits per heavy atom. The number of piperidine rings is 1. The van der Waals surface area contributed by atoms with E-state index >= 15 is 0 Å².